The number of hydrogen-bond acceptors (Lipinski definition) is 4. The number of hydrogen-bond donors (Lipinski definition) is 2. The van der Waals surface area contributed by atoms with Crippen molar-refractivity contribution in [3.63, 3.8) is 0 Å². The highest BCUT2D eigenvalue weighted by Gasteiger charge is 2.28. The Bertz CT molecular complexity index is 1040. The summed E-state index contributed by atoms with van der Waals surface area (Å²) in [6.45, 7) is 4.52. The molecule has 35 heavy (non-hydrogen) atoms. The van der Waals surface area contributed by atoms with Crippen LogP contribution in [0.2, 0.25) is 5.02 Å². The Labute approximate surface area is 210 Å². The second-order valence-corrected chi connectivity index (χ2v) is 9.47. The van der Waals surface area contributed by atoms with E-state index < -0.39 is 23.6 Å². The predicted octanol–water partition coefficient (Wildman–Crippen LogP) is 4.23. The van der Waals surface area contributed by atoms with Gasteiger partial charge in [-0.2, -0.15) is 0 Å². The Hall–Kier alpha value is -2.71. The molecule has 2 aromatic rings. The second kappa shape index (κ2) is 12.3. The number of carbonyl (C=O) groups excluding carboxylic acids is 2. The Morgan fingerprint density at radius 2 is 1.77 bits per heavy atom. The van der Waals surface area contributed by atoms with Crippen LogP contribution in [-0.2, 0) is 22.6 Å². The fourth-order valence-corrected chi connectivity index (χ4v) is 4.72. The SMILES string of the molecule is COc1ccc(CNC(=O)[C@H](Cc2ccc(F)c(F)c2)NC(=O)CN2[C@H](C)CCC[C@@H]2C)cc1Cl. The van der Waals surface area contributed by atoms with Crippen molar-refractivity contribution < 1.29 is 23.1 Å². The lowest BCUT2D eigenvalue weighted by Crippen LogP contribution is -2.53. The molecule has 1 aliphatic rings. The first-order valence-corrected chi connectivity index (χ1v) is 12.1. The van der Waals surface area contributed by atoms with Crippen LogP contribution >= 0.6 is 11.6 Å². The van der Waals surface area contributed by atoms with E-state index in [2.05, 4.69) is 29.4 Å². The number of amides is 2. The molecule has 9 heteroatoms. The first-order valence-electron chi connectivity index (χ1n) is 11.8. The van der Waals surface area contributed by atoms with E-state index in [4.69, 9.17) is 16.3 Å². The zero-order chi connectivity index (χ0) is 25.5. The summed E-state index contributed by atoms with van der Waals surface area (Å²) >= 11 is 6.16. The molecule has 0 bridgehead atoms. The van der Waals surface area contributed by atoms with E-state index in [0.29, 0.717) is 16.3 Å². The van der Waals surface area contributed by atoms with Crippen LogP contribution in [0.5, 0.6) is 5.75 Å². The molecule has 2 amide bonds. The maximum Gasteiger partial charge on any atom is 0.243 e. The quantitative estimate of drug-likeness (QED) is 0.533. The Kier molecular flexibility index (Phi) is 9.46. The standard InChI is InChI=1S/C26H32ClF2N3O3/c1-16-5-4-6-17(2)32(16)15-25(33)31-23(13-18-7-9-21(28)22(29)12-18)26(34)30-14-19-8-10-24(35-3)20(27)11-19/h7-12,16-17,23H,4-6,13-15H2,1-3H3,(H,30,34)(H,31,33)/t16-,17+,23-/m0/s1. The maximum absolute atomic E-state index is 13.8. The topological polar surface area (TPSA) is 70.7 Å². The number of nitrogens with zero attached hydrogens (tertiary/aromatic N) is 1. The van der Waals surface area contributed by atoms with Gasteiger partial charge in [-0.15, -0.1) is 0 Å². The largest absolute Gasteiger partial charge is 0.495 e. The molecule has 2 N–H and O–H groups in total. The van der Waals surface area contributed by atoms with Gasteiger partial charge in [0.05, 0.1) is 18.7 Å². The van der Waals surface area contributed by atoms with Crippen molar-refractivity contribution in [1.29, 1.82) is 0 Å². The van der Waals surface area contributed by atoms with E-state index in [9.17, 15) is 18.4 Å². The molecule has 3 rings (SSSR count). The monoisotopic (exact) mass is 507 g/mol. The van der Waals surface area contributed by atoms with Gasteiger partial charge in [0.25, 0.3) is 0 Å². The highest BCUT2D eigenvalue weighted by molar-refractivity contribution is 6.32. The molecule has 2 aromatic carbocycles. The lowest BCUT2D eigenvalue weighted by molar-refractivity contribution is -0.130. The average Bonchev–Trinajstić information content (AvgIpc) is 2.82. The van der Waals surface area contributed by atoms with Gasteiger partial charge in [-0.25, -0.2) is 8.78 Å². The van der Waals surface area contributed by atoms with Gasteiger partial charge >= 0.3 is 0 Å². The van der Waals surface area contributed by atoms with Crippen molar-refractivity contribution in [2.45, 2.75) is 64.2 Å². The van der Waals surface area contributed by atoms with Crippen LogP contribution in [0, 0.1) is 11.6 Å². The van der Waals surface area contributed by atoms with E-state index in [-0.39, 0.29) is 37.5 Å². The summed E-state index contributed by atoms with van der Waals surface area (Å²) in [5.74, 6) is -2.18. The molecule has 1 fully saturated rings. The lowest BCUT2D eigenvalue weighted by Gasteiger charge is -2.38. The number of methoxy groups -OCH3 is 1. The third-order valence-corrected chi connectivity index (χ3v) is 6.76. The average molecular weight is 508 g/mol. The third-order valence-electron chi connectivity index (χ3n) is 6.46. The summed E-state index contributed by atoms with van der Waals surface area (Å²) < 4.78 is 32.3. The number of halogens is 3. The van der Waals surface area contributed by atoms with Gasteiger partial charge in [-0.3, -0.25) is 14.5 Å². The van der Waals surface area contributed by atoms with Crippen molar-refractivity contribution in [3.8, 4) is 5.75 Å². The van der Waals surface area contributed by atoms with E-state index in [1.807, 2.05) is 0 Å². The van der Waals surface area contributed by atoms with E-state index >= 15 is 0 Å². The fourth-order valence-electron chi connectivity index (χ4n) is 4.44. The predicted molar refractivity (Wildman–Crippen MR) is 131 cm³/mol. The minimum atomic E-state index is -1.00. The van der Waals surface area contributed by atoms with Crippen molar-refractivity contribution >= 4 is 23.4 Å². The zero-order valence-corrected chi connectivity index (χ0v) is 21.0. The smallest absolute Gasteiger partial charge is 0.243 e. The van der Waals surface area contributed by atoms with Crippen LogP contribution in [0.4, 0.5) is 8.78 Å². The van der Waals surface area contributed by atoms with Crippen LogP contribution in [0.15, 0.2) is 36.4 Å². The number of benzene rings is 2. The molecule has 0 aromatic heterocycles. The number of nitrogens with one attached hydrogen (secondary N) is 2. The summed E-state index contributed by atoms with van der Waals surface area (Å²) in [4.78, 5) is 28.1. The molecular weight excluding hydrogens is 476 g/mol. The van der Waals surface area contributed by atoms with Crippen LogP contribution in [-0.4, -0.2) is 48.5 Å². The number of carbonyl (C=O) groups is 2. The minimum absolute atomic E-state index is 0.0171. The highest BCUT2D eigenvalue weighted by atomic mass is 35.5. The fraction of sp³-hybridized carbons (Fsp3) is 0.462. The molecule has 1 saturated heterocycles. The summed E-state index contributed by atoms with van der Waals surface area (Å²) in [7, 11) is 1.51. The van der Waals surface area contributed by atoms with Gasteiger partial charge in [0.1, 0.15) is 11.8 Å². The normalized spacial score (nSPS) is 19.1. The number of ether oxygens (including phenoxy) is 1. The molecule has 3 atom stereocenters. The molecule has 0 spiro atoms. The number of likely N-dealkylation sites (tertiary alicyclic amines) is 1. The first kappa shape index (κ1) is 26.9. The lowest BCUT2D eigenvalue weighted by atomic mass is 9.97. The maximum atomic E-state index is 13.8. The second-order valence-electron chi connectivity index (χ2n) is 9.06. The Balaban J connectivity index is 1.70. The molecule has 6 nitrogen and oxygen atoms in total. The van der Waals surface area contributed by atoms with Crippen molar-refractivity contribution in [2.24, 2.45) is 0 Å². The van der Waals surface area contributed by atoms with E-state index in [1.165, 1.54) is 13.2 Å². The summed E-state index contributed by atoms with van der Waals surface area (Å²) in [5.41, 5.74) is 1.15. The van der Waals surface area contributed by atoms with Crippen LogP contribution in [0.25, 0.3) is 0 Å². The third kappa shape index (κ3) is 7.39. The molecule has 0 unspecified atom stereocenters. The molecule has 0 radical (unpaired) electrons. The van der Waals surface area contributed by atoms with Gasteiger partial charge in [0, 0.05) is 25.0 Å². The van der Waals surface area contributed by atoms with Gasteiger partial charge in [-0.05, 0) is 62.1 Å². The molecule has 1 heterocycles. The molecule has 0 aliphatic carbocycles. The van der Waals surface area contributed by atoms with Crippen LogP contribution in [0.1, 0.15) is 44.2 Å². The minimum Gasteiger partial charge on any atom is -0.495 e. The summed E-state index contributed by atoms with van der Waals surface area (Å²) in [6, 6.07) is 8.18. The molecule has 190 valence electrons. The number of piperidine rings is 1. The Morgan fingerprint density at radius 1 is 1.09 bits per heavy atom. The molecule has 0 saturated carbocycles. The zero-order valence-electron chi connectivity index (χ0n) is 20.2. The van der Waals surface area contributed by atoms with E-state index in [0.717, 1.165) is 37.0 Å². The molecular formula is C26H32ClF2N3O3. The van der Waals surface area contributed by atoms with Crippen molar-refractivity contribution in [2.75, 3.05) is 13.7 Å². The van der Waals surface area contributed by atoms with E-state index in [1.54, 1.807) is 18.2 Å². The summed E-state index contributed by atoms with van der Waals surface area (Å²) in [6.07, 6.45) is 3.17. The Morgan fingerprint density at radius 3 is 2.40 bits per heavy atom. The number of rotatable bonds is 9. The first-order chi connectivity index (χ1) is 16.7. The van der Waals surface area contributed by atoms with Gasteiger partial charge < -0.3 is 15.4 Å². The van der Waals surface area contributed by atoms with Crippen molar-refractivity contribution in [1.82, 2.24) is 15.5 Å². The van der Waals surface area contributed by atoms with Crippen LogP contribution < -0.4 is 15.4 Å². The van der Waals surface area contributed by atoms with Gasteiger partial charge in [0.15, 0.2) is 11.6 Å². The molecule has 1 aliphatic heterocycles. The van der Waals surface area contributed by atoms with Gasteiger partial charge in [-0.1, -0.05) is 30.2 Å². The summed E-state index contributed by atoms with van der Waals surface area (Å²) in [5, 5.41) is 6.01. The van der Waals surface area contributed by atoms with Crippen LogP contribution in [0.3, 0.4) is 0 Å². The highest BCUT2D eigenvalue weighted by Crippen LogP contribution is 2.25. The van der Waals surface area contributed by atoms with Crippen molar-refractivity contribution in [3.05, 3.63) is 64.2 Å². The van der Waals surface area contributed by atoms with Gasteiger partial charge in [0.2, 0.25) is 11.8 Å².